The van der Waals surface area contributed by atoms with Gasteiger partial charge in [-0.1, -0.05) is 6.92 Å². The van der Waals surface area contributed by atoms with Crippen molar-refractivity contribution >= 4 is 0 Å². The van der Waals surface area contributed by atoms with Crippen molar-refractivity contribution in [3.05, 3.63) is 12.2 Å². The largest absolute Gasteiger partial charge is 0.329 e. The molecule has 108 valence electrons. The molecule has 1 aliphatic rings. The molecule has 0 bridgehead atoms. The zero-order valence-electron chi connectivity index (χ0n) is 12.0. The SMILES string of the molecule is CCCn1ncnc1CN1CCCN(CCN)CC1. The van der Waals surface area contributed by atoms with Crippen LogP contribution in [-0.2, 0) is 13.1 Å². The monoisotopic (exact) mass is 266 g/mol. The summed E-state index contributed by atoms with van der Waals surface area (Å²) in [4.78, 5) is 9.33. The van der Waals surface area contributed by atoms with E-state index in [1.807, 2.05) is 4.68 Å². The van der Waals surface area contributed by atoms with Gasteiger partial charge in [0.1, 0.15) is 12.2 Å². The predicted octanol–water partition coefficient (Wildman–Crippen LogP) is 0.155. The molecule has 19 heavy (non-hydrogen) atoms. The number of aryl methyl sites for hydroxylation is 1. The molecule has 2 N–H and O–H groups in total. The van der Waals surface area contributed by atoms with Gasteiger partial charge in [-0.2, -0.15) is 5.10 Å². The fourth-order valence-corrected chi connectivity index (χ4v) is 2.60. The molecule has 0 aromatic carbocycles. The molecule has 1 aromatic rings. The Morgan fingerprint density at radius 2 is 1.95 bits per heavy atom. The summed E-state index contributed by atoms with van der Waals surface area (Å²) in [6.07, 6.45) is 3.98. The molecule has 1 fully saturated rings. The highest BCUT2D eigenvalue weighted by Crippen LogP contribution is 2.07. The second-order valence-electron chi connectivity index (χ2n) is 5.16. The maximum absolute atomic E-state index is 5.63. The van der Waals surface area contributed by atoms with Crippen LogP contribution in [0.3, 0.4) is 0 Å². The summed E-state index contributed by atoms with van der Waals surface area (Å²) in [5.41, 5.74) is 5.63. The molecule has 0 saturated carbocycles. The van der Waals surface area contributed by atoms with Crippen LogP contribution >= 0.6 is 0 Å². The number of hydrogen-bond acceptors (Lipinski definition) is 5. The lowest BCUT2D eigenvalue weighted by Crippen LogP contribution is -2.34. The standard InChI is InChI=1S/C13H26N6/c1-2-5-19-13(15-12-16-19)11-18-7-3-6-17(8-4-14)9-10-18/h12H,2-11,14H2,1H3. The summed E-state index contributed by atoms with van der Waals surface area (Å²) in [5.74, 6) is 1.09. The van der Waals surface area contributed by atoms with E-state index >= 15 is 0 Å². The Bertz CT molecular complexity index is 364. The van der Waals surface area contributed by atoms with Crippen molar-refractivity contribution in [3.8, 4) is 0 Å². The van der Waals surface area contributed by atoms with Crippen LogP contribution in [0.15, 0.2) is 6.33 Å². The van der Waals surface area contributed by atoms with Crippen molar-refractivity contribution < 1.29 is 0 Å². The fourth-order valence-electron chi connectivity index (χ4n) is 2.60. The zero-order chi connectivity index (χ0) is 13.5. The van der Waals surface area contributed by atoms with Gasteiger partial charge in [-0.05, 0) is 25.9 Å². The number of rotatable bonds is 6. The predicted molar refractivity (Wildman–Crippen MR) is 75.7 cm³/mol. The maximum atomic E-state index is 5.63. The molecule has 1 aliphatic heterocycles. The van der Waals surface area contributed by atoms with E-state index < -0.39 is 0 Å². The Morgan fingerprint density at radius 3 is 2.74 bits per heavy atom. The fraction of sp³-hybridized carbons (Fsp3) is 0.846. The van der Waals surface area contributed by atoms with Crippen molar-refractivity contribution in [3.63, 3.8) is 0 Å². The highest BCUT2D eigenvalue weighted by molar-refractivity contribution is 4.85. The Balaban J connectivity index is 1.86. The third kappa shape index (κ3) is 4.26. The van der Waals surface area contributed by atoms with Crippen molar-refractivity contribution in [2.45, 2.75) is 32.9 Å². The van der Waals surface area contributed by atoms with Crippen LogP contribution in [0.4, 0.5) is 0 Å². The van der Waals surface area contributed by atoms with Crippen molar-refractivity contribution in [1.29, 1.82) is 0 Å². The Morgan fingerprint density at radius 1 is 1.16 bits per heavy atom. The first kappa shape index (κ1) is 14.4. The molecule has 1 saturated heterocycles. The summed E-state index contributed by atoms with van der Waals surface area (Å²) in [6, 6.07) is 0. The van der Waals surface area contributed by atoms with Gasteiger partial charge in [-0.15, -0.1) is 0 Å². The van der Waals surface area contributed by atoms with E-state index in [0.717, 1.165) is 64.6 Å². The summed E-state index contributed by atoms with van der Waals surface area (Å²) < 4.78 is 2.03. The quantitative estimate of drug-likeness (QED) is 0.794. The second kappa shape index (κ2) is 7.57. The van der Waals surface area contributed by atoms with Crippen molar-refractivity contribution in [2.75, 3.05) is 39.3 Å². The van der Waals surface area contributed by atoms with E-state index in [0.29, 0.717) is 0 Å². The van der Waals surface area contributed by atoms with Gasteiger partial charge in [0, 0.05) is 32.7 Å². The lowest BCUT2D eigenvalue weighted by molar-refractivity contribution is 0.247. The van der Waals surface area contributed by atoms with Crippen LogP contribution in [0, 0.1) is 0 Å². The van der Waals surface area contributed by atoms with E-state index in [-0.39, 0.29) is 0 Å². The first-order valence-corrected chi connectivity index (χ1v) is 7.35. The average molecular weight is 266 g/mol. The normalized spacial score (nSPS) is 18.6. The first-order chi connectivity index (χ1) is 9.33. The van der Waals surface area contributed by atoms with E-state index in [1.54, 1.807) is 6.33 Å². The molecule has 6 heteroatoms. The molecule has 0 atom stereocenters. The average Bonchev–Trinajstić information content (AvgIpc) is 2.70. The summed E-state index contributed by atoms with van der Waals surface area (Å²) in [7, 11) is 0. The van der Waals surface area contributed by atoms with Crippen LogP contribution in [0.2, 0.25) is 0 Å². The third-order valence-electron chi connectivity index (χ3n) is 3.62. The van der Waals surface area contributed by atoms with Gasteiger partial charge in [0.2, 0.25) is 0 Å². The van der Waals surface area contributed by atoms with Gasteiger partial charge >= 0.3 is 0 Å². The number of nitrogens with zero attached hydrogens (tertiary/aromatic N) is 5. The van der Waals surface area contributed by atoms with E-state index in [2.05, 4.69) is 26.8 Å². The second-order valence-corrected chi connectivity index (χ2v) is 5.16. The lowest BCUT2D eigenvalue weighted by Gasteiger charge is -2.21. The Hall–Kier alpha value is -0.980. The summed E-state index contributed by atoms with van der Waals surface area (Å²) in [5, 5.41) is 4.29. The minimum atomic E-state index is 0.755. The van der Waals surface area contributed by atoms with Crippen molar-refractivity contribution in [2.24, 2.45) is 5.73 Å². The minimum absolute atomic E-state index is 0.755. The summed E-state index contributed by atoms with van der Waals surface area (Å²) >= 11 is 0. The molecular weight excluding hydrogens is 240 g/mol. The minimum Gasteiger partial charge on any atom is -0.329 e. The Labute approximate surface area is 115 Å². The molecule has 2 heterocycles. The third-order valence-corrected chi connectivity index (χ3v) is 3.62. The van der Waals surface area contributed by atoms with E-state index in [9.17, 15) is 0 Å². The number of aromatic nitrogens is 3. The first-order valence-electron chi connectivity index (χ1n) is 7.35. The van der Waals surface area contributed by atoms with Crippen LogP contribution in [0.5, 0.6) is 0 Å². The number of nitrogens with two attached hydrogens (primary N) is 1. The highest BCUT2D eigenvalue weighted by Gasteiger charge is 2.16. The highest BCUT2D eigenvalue weighted by atomic mass is 15.3. The molecule has 0 radical (unpaired) electrons. The maximum Gasteiger partial charge on any atom is 0.141 e. The molecule has 6 nitrogen and oxygen atoms in total. The molecule has 0 aliphatic carbocycles. The zero-order valence-corrected chi connectivity index (χ0v) is 12.0. The van der Waals surface area contributed by atoms with Gasteiger partial charge in [-0.3, -0.25) is 4.90 Å². The van der Waals surface area contributed by atoms with Crippen LogP contribution in [0.1, 0.15) is 25.6 Å². The lowest BCUT2D eigenvalue weighted by atomic mass is 10.3. The van der Waals surface area contributed by atoms with Crippen molar-refractivity contribution in [1.82, 2.24) is 24.6 Å². The van der Waals surface area contributed by atoms with Gasteiger partial charge in [0.15, 0.2) is 0 Å². The van der Waals surface area contributed by atoms with E-state index in [4.69, 9.17) is 5.73 Å². The molecule has 1 aromatic heterocycles. The van der Waals surface area contributed by atoms with Crippen LogP contribution < -0.4 is 5.73 Å². The van der Waals surface area contributed by atoms with Crippen LogP contribution in [0.25, 0.3) is 0 Å². The molecular formula is C13H26N6. The van der Waals surface area contributed by atoms with Gasteiger partial charge in [0.05, 0.1) is 6.54 Å². The molecule has 0 spiro atoms. The van der Waals surface area contributed by atoms with Gasteiger partial charge in [-0.25, -0.2) is 9.67 Å². The van der Waals surface area contributed by atoms with Crippen LogP contribution in [-0.4, -0.2) is 63.8 Å². The topological polar surface area (TPSA) is 63.2 Å². The molecule has 2 rings (SSSR count). The van der Waals surface area contributed by atoms with Gasteiger partial charge in [0.25, 0.3) is 0 Å². The van der Waals surface area contributed by atoms with Gasteiger partial charge < -0.3 is 10.6 Å². The molecule has 0 unspecified atom stereocenters. The Kier molecular flexibility index (Phi) is 5.75. The molecule has 0 amide bonds. The van der Waals surface area contributed by atoms with E-state index in [1.165, 1.54) is 6.42 Å². The smallest absolute Gasteiger partial charge is 0.141 e. The summed E-state index contributed by atoms with van der Waals surface area (Å²) in [6.45, 7) is 10.3. The number of hydrogen-bond donors (Lipinski definition) is 1.